The van der Waals surface area contributed by atoms with E-state index in [9.17, 15) is 14.0 Å². The molecule has 108 valence electrons. The van der Waals surface area contributed by atoms with Crippen molar-refractivity contribution in [2.24, 2.45) is 0 Å². The average molecular weight is 305 g/mol. The largest absolute Gasteiger partial charge is 0.346 e. The lowest BCUT2D eigenvalue weighted by Crippen LogP contribution is -2.37. The number of thiazole rings is 1. The van der Waals surface area contributed by atoms with E-state index in [1.807, 2.05) is 0 Å². The number of hydrogen-bond acceptors (Lipinski definition) is 4. The monoisotopic (exact) mass is 305 g/mol. The van der Waals surface area contributed by atoms with Crippen LogP contribution in [-0.2, 0) is 4.79 Å². The third-order valence-electron chi connectivity index (χ3n) is 3.27. The number of carbonyl (C=O) groups excluding carboxylic acids is 2. The van der Waals surface area contributed by atoms with Gasteiger partial charge >= 0.3 is 0 Å². The molecule has 1 aliphatic rings. The molecule has 1 aromatic heterocycles. The van der Waals surface area contributed by atoms with Crippen molar-refractivity contribution >= 4 is 28.8 Å². The molecule has 0 aliphatic carbocycles. The van der Waals surface area contributed by atoms with Crippen LogP contribution < -0.4 is 10.2 Å². The van der Waals surface area contributed by atoms with Crippen LogP contribution >= 0.6 is 11.3 Å². The first kappa shape index (κ1) is 13.7. The highest BCUT2D eigenvalue weighted by molar-refractivity contribution is 7.07. The molecule has 2 aromatic rings. The Balaban J connectivity index is 1.71. The standard InChI is InChI=1S/C14H12FN3O2S/c15-10-3-1-2-4-12(10)18-6-9(5-13(18)19)17-14(20)11-7-21-8-16-11/h1-4,7-9H,5-6H2,(H,17,20). The minimum absolute atomic E-state index is 0.157. The summed E-state index contributed by atoms with van der Waals surface area (Å²) in [5.41, 5.74) is 2.14. The summed E-state index contributed by atoms with van der Waals surface area (Å²) in [6.07, 6.45) is 0.157. The van der Waals surface area contributed by atoms with E-state index in [-0.39, 0.29) is 36.5 Å². The van der Waals surface area contributed by atoms with Gasteiger partial charge in [0, 0.05) is 18.3 Å². The molecule has 1 N–H and O–H groups in total. The highest BCUT2D eigenvalue weighted by Gasteiger charge is 2.33. The van der Waals surface area contributed by atoms with Crippen molar-refractivity contribution in [3.8, 4) is 0 Å². The van der Waals surface area contributed by atoms with Crippen LogP contribution in [0.25, 0.3) is 0 Å². The lowest BCUT2D eigenvalue weighted by molar-refractivity contribution is -0.117. The zero-order chi connectivity index (χ0) is 14.8. The second kappa shape index (κ2) is 5.61. The SMILES string of the molecule is O=C(NC1CC(=O)N(c2ccccc2F)C1)c1cscn1. The van der Waals surface area contributed by atoms with E-state index in [0.29, 0.717) is 5.69 Å². The Bertz CT molecular complexity index is 675. The average Bonchev–Trinajstić information content (AvgIpc) is 3.09. The van der Waals surface area contributed by atoms with Gasteiger partial charge in [0.2, 0.25) is 5.91 Å². The Labute approximate surface area is 124 Å². The highest BCUT2D eigenvalue weighted by Crippen LogP contribution is 2.24. The summed E-state index contributed by atoms with van der Waals surface area (Å²) in [6, 6.07) is 5.77. The van der Waals surface area contributed by atoms with Crippen molar-refractivity contribution in [3.05, 3.63) is 46.7 Å². The predicted molar refractivity (Wildman–Crippen MR) is 76.7 cm³/mol. The summed E-state index contributed by atoms with van der Waals surface area (Å²) >= 11 is 1.33. The second-order valence-corrected chi connectivity index (χ2v) is 5.42. The molecule has 21 heavy (non-hydrogen) atoms. The second-order valence-electron chi connectivity index (χ2n) is 4.70. The van der Waals surface area contributed by atoms with Crippen LogP contribution in [0.5, 0.6) is 0 Å². The molecule has 7 heteroatoms. The van der Waals surface area contributed by atoms with Gasteiger partial charge in [-0.2, -0.15) is 0 Å². The molecule has 1 fully saturated rings. The number of hydrogen-bond donors (Lipinski definition) is 1. The maximum Gasteiger partial charge on any atom is 0.271 e. The van der Waals surface area contributed by atoms with Crippen LogP contribution in [0.3, 0.4) is 0 Å². The van der Waals surface area contributed by atoms with Crippen molar-refractivity contribution in [1.29, 1.82) is 0 Å². The first-order chi connectivity index (χ1) is 10.1. The molecule has 2 amide bonds. The summed E-state index contributed by atoms with van der Waals surface area (Å²) in [4.78, 5) is 29.2. The van der Waals surface area contributed by atoms with Gasteiger partial charge in [-0.15, -0.1) is 11.3 Å². The van der Waals surface area contributed by atoms with Crippen molar-refractivity contribution in [1.82, 2.24) is 10.3 Å². The molecule has 1 aromatic carbocycles. The third kappa shape index (κ3) is 2.78. The Morgan fingerprint density at radius 3 is 2.95 bits per heavy atom. The number of rotatable bonds is 3. The molecule has 3 rings (SSSR count). The Kier molecular flexibility index (Phi) is 3.66. The quantitative estimate of drug-likeness (QED) is 0.941. The molecule has 0 spiro atoms. The minimum Gasteiger partial charge on any atom is -0.346 e. The van der Waals surface area contributed by atoms with E-state index in [1.165, 1.54) is 22.3 Å². The predicted octanol–water partition coefficient (Wildman–Crippen LogP) is 1.82. The minimum atomic E-state index is -0.447. The number of anilines is 1. The van der Waals surface area contributed by atoms with E-state index in [4.69, 9.17) is 0 Å². The summed E-state index contributed by atoms with van der Waals surface area (Å²) in [6.45, 7) is 0.260. The van der Waals surface area contributed by atoms with Crippen LogP contribution in [-0.4, -0.2) is 29.4 Å². The van der Waals surface area contributed by atoms with Crippen LogP contribution in [0, 0.1) is 5.82 Å². The fourth-order valence-corrected chi connectivity index (χ4v) is 2.82. The van der Waals surface area contributed by atoms with Crippen molar-refractivity contribution in [2.45, 2.75) is 12.5 Å². The Hall–Kier alpha value is -2.28. The van der Waals surface area contributed by atoms with Gasteiger partial charge in [0.1, 0.15) is 11.5 Å². The third-order valence-corrected chi connectivity index (χ3v) is 3.85. The van der Waals surface area contributed by atoms with Crippen LogP contribution in [0.1, 0.15) is 16.9 Å². The number of aromatic nitrogens is 1. The smallest absolute Gasteiger partial charge is 0.271 e. The van der Waals surface area contributed by atoms with Gasteiger partial charge in [-0.05, 0) is 12.1 Å². The van der Waals surface area contributed by atoms with Crippen LogP contribution in [0.15, 0.2) is 35.2 Å². The molecule has 2 heterocycles. The van der Waals surface area contributed by atoms with Gasteiger partial charge in [0.15, 0.2) is 0 Å². The molecule has 0 radical (unpaired) electrons. The number of amides is 2. The number of benzene rings is 1. The molecule has 1 saturated heterocycles. The van der Waals surface area contributed by atoms with Gasteiger partial charge in [0.05, 0.1) is 17.2 Å². The van der Waals surface area contributed by atoms with E-state index in [2.05, 4.69) is 10.3 Å². The molecule has 0 saturated carbocycles. The zero-order valence-corrected chi connectivity index (χ0v) is 11.8. The number of para-hydroxylation sites is 1. The number of nitrogens with zero attached hydrogens (tertiary/aromatic N) is 2. The van der Waals surface area contributed by atoms with Crippen LogP contribution in [0.4, 0.5) is 10.1 Å². The topological polar surface area (TPSA) is 62.3 Å². The van der Waals surface area contributed by atoms with Crippen LogP contribution in [0.2, 0.25) is 0 Å². The van der Waals surface area contributed by atoms with Crippen molar-refractivity contribution < 1.29 is 14.0 Å². The molecule has 0 bridgehead atoms. The van der Waals surface area contributed by atoms with Gasteiger partial charge in [-0.1, -0.05) is 12.1 Å². The van der Waals surface area contributed by atoms with E-state index in [0.717, 1.165) is 0 Å². The van der Waals surface area contributed by atoms with Crippen molar-refractivity contribution in [2.75, 3.05) is 11.4 Å². The molecule has 1 aliphatic heterocycles. The number of nitrogens with one attached hydrogen (secondary N) is 1. The highest BCUT2D eigenvalue weighted by atomic mass is 32.1. The zero-order valence-electron chi connectivity index (χ0n) is 11.0. The van der Waals surface area contributed by atoms with Crippen molar-refractivity contribution in [3.63, 3.8) is 0 Å². The maximum absolute atomic E-state index is 13.7. The fraction of sp³-hybridized carbons (Fsp3) is 0.214. The molecule has 1 unspecified atom stereocenters. The maximum atomic E-state index is 13.7. The van der Waals surface area contributed by atoms with Gasteiger partial charge < -0.3 is 10.2 Å². The summed E-state index contributed by atoms with van der Waals surface area (Å²) in [5, 5.41) is 4.39. The van der Waals surface area contributed by atoms with E-state index < -0.39 is 5.82 Å². The molecule has 5 nitrogen and oxygen atoms in total. The van der Waals surface area contributed by atoms with Gasteiger partial charge in [-0.3, -0.25) is 9.59 Å². The summed E-state index contributed by atoms with van der Waals surface area (Å²) < 4.78 is 13.7. The lowest BCUT2D eigenvalue weighted by Gasteiger charge is -2.17. The number of carbonyl (C=O) groups is 2. The first-order valence-electron chi connectivity index (χ1n) is 6.39. The molecule has 1 atom stereocenters. The van der Waals surface area contributed by atoms with Gasteiger partial charge in [0.25, 0.3) is 5.91 Å². The van der Waals surface area contributed by atoms with E-state index >= 15 is 0 Å². The molecular weight excluding hydrogens is 293 g/mol. The normalized spacial score (nSPS) is 18.0. The Morgan fingerprint density at radius 1 is 1.43 bits per heavy atom. The summed E-state index contributed by atoms with van der Waals surface area (Å²) in [5.74, 6) is -0.967. The summed E-state index contributed by atoms with van der Waals surface area (Å²) in [7, 11) is 0. The first-order valence-corrected chi connectivity index (χ1v) is 7.33. The number of halogens is 1. The van der Waals surface area contributed by atoms with Gasteiger partial charge in [-0.25, -0.2) is 9.37 Å². The van der Waals surface area contributed by atoms with E-state index in [1.54, 1.807) is 29.1 Å². The Morgan fingerprint density at radius 2 is 2.24 bits per heavy atom. The lowest BCUT2D eigenvalue weighted by atomic mass is 10.2. The fourth-order valence-electron chi connectivity index (χ4n) is 2.29. The molecular formula is C14H12FN3O2S.